The second kappa shape index (κ2) is 10.9. The summed E-state index contributed by atoms with van der Waals surface area (Å²) in [7, 11) is -3.81. The van der Waals surface area contributed by atoms with E-state index < -0.39 is 16.1 Å². The first-order valence-electron chi connectivity index (χ1n) is 13.0. The maximum Gasteiger partial charge on any atom is 0.261 e. The van der Waals surface area contributed by atoms with Crippen LogP contribution in [0.3, 0.4) is 0 Å². The van der Waals surface area contributed by atoms with Crippen LogP contribution >= 0.6 is 0 Å². The molecule has 206 valence electrons. The van der Waals surface area contributed by atoms with Gasteiger partial charge in [0.2, 0.25) is 10.0 Å². The third-order valence-electron chi connectivity index (χ3n) is 6.81. The molecule has 0 saturated carbocycles. The van der Waals surface area contributed by atoms with Crippen LogP contribution in [0.2, 0.25) is 0 Å². The summed E-state index contributed by atoms with van der Waals surface area (Å²) in [5.74, 6) is 0.399. The molecule has 41 heavy (non-hydrogen) atoms. The van der Waals surface area contributed by atoms with Gasteiger partial charge in [0, 0.05) is 30.8 Å². The Bertz CT molecular complexity index is 1970. The molecule has 3 aromatic carbocycles. The number of nitrogens with zero attached hydrogens (tertiary/aromatic N) is 3. The average Bonchev–Trinajstić information content (AvgIpc) is 3.67. The highest BCUT2D eigenvalue weighted by Crippen LogP contribution is 2.28. The van der Waals surface area contributed by atoms with E-state index in [2.05, 4.69) is 25.0 Å². The highest BCUT2D eigenvalue weighted by Gasteiger charge is 2.23. The van der Waals surface area contributed by atoms with Crippen LogP contribution in [0, 0.1) is 6.92 Å². The molecule has 0 radical (unpaired) electrons. The van der Waals surface area contributed by atoms with Crippen molar-refractivity contribution < 1.29 is 8.42 Å². The Balaban J connectivity index is 1.34. The van der Waals surface area contributed by atoms with Crippen molar-refractivity contribution in [2.75, 3.05) is 11.9 Å². The molecule has 0 spiro atoms. The molecule has 0 fully saturated rings. The summed E-state index contributed by atoms with van der Waals surface area (Å²) in [5, 5.41) is 3.30. The van der Waals surface area contributed by atoms with Gasteiger partial charge in [0.05, 0.1) is 34.0 Å². The Morgan fingerprint density at radius 3 is 2.49 bits per heavy atom. The number of hydrogen-bond acceptors (Lipinski definition) is 6. The summed E-state index contributed by atoms with van der Waals surface area (Å²) < 4.78 is 31.1. The molecular formula is C30H27N7O3S. The lowest BCUT2D eigenvalue weighted by Gasteiger charge is -2.21. The fraction of sp³-hybridized carbons (Fsp3) is 0.100. The predicted octanol–water partition coefficient (Wildman–Crippen LogP) is 4.54. The number of aromatic nitrogens is 5. The van der Waals surface area contributed by atoms with Gasteiger partial charge in [-0.15, -0.1) is 0 Å². The number of imidazole rings is 2. The minimum Gasteiger partial charge on any atom is -0.382 e. The van der Waals surface area contributed by atoms with Crippen LogP contribution < -0.4 is 15.6 Å². The lowest BCUT2D eigenvalue weighted by atomic mass is 10.1. The van der Waals surface area contributed by atoms with Gasteiger partial charge in [-0.3, -0.25) is 4.79 Å². The predicted molar refractivity (Wildman–Crippen MR) is 158 cm³/mol. The summed E-state index contributed by atoms with van der Waals surface area (Å²) >= 11 is 0. The zero-order chi connectivity index (χ0) is 28.4. The fourth-order valence-corrected chi connectivity index (χ4v) is 6.04. The Morgan fingerprint density at radius 2 is 1.76 bits per heavy atom. The normalized spacial score (nSPS) is 12.4. The van der Waals surface area contributed by atoms with Gasteiger partial charge in [0.1, 0.15) is 11.4 Å². The van der Waals surface area contributed by atoms with E-state index in [1.54, 1.807) is 55.1 Å². The van der Waals surface area contributed by atoms with Gasteiger partial charge < -0.3 is 19.9 Å². The van der Waals surface area contributed by atoms with Crippen molar-refractivity contribution in [1.29, 1.82) is 0 Å². The van der Waals surface area contributed by atoms with Crippen molar-refractivity contribution in [3.05, 3.63) is 125 Å². The molecule has 0 aliphatic carbocycles. The van der Waals surface area contributed by atoms with E-state index in [0.29, 0.717) is 17.1 Å². The lowest BCUT2D eigenvalue weighted by molar-refractivity contribution is 0.562. The first-order valence-corrected chi connectivity index (χ1v) is 14.4. The van der Waals surface area contributed by atoms with Gasteiger partial charge in [-0.2, -0.15) is 0 Å². The summed E-state index contributed by atoms with van der Waals surface area (Å²) in [6.45, 7) is 2.14. The first-order chi connectivity index (χ1) is 19.9. The molecule has 3 aromatic heterocycles. The number of rotatable bonds is 9. The van der Waals surface area contributed by atoms with Crippen molar-refractivity contribution in [2.45, 2.75) is 17.9 Å². The van der Waals surface area contributed by atoms with Crippen LogP contribution in [0.5, 0.6) is 0 Å². The molecule has 0 aliphatic rings. The Hall–Kier alpha value is -5.00. The summed E-state index contributed by atoms with van der Waals surface area (Å²) in [4.78, 5) is 28.2. The Morgan fingerprint density at radius 1 is 1.00 bits per heavy atom. The number of aryl methyl sites for hydroxylation is 1. The smallest absolute Gasteiger partial charge is 0.261 e. The lowest BCUT2D eigenvalue weighted by Crippen LogP contribution is -2.33. The molecule has 1 atom stereocenters. The molecule has 0 bridgehead atoms. The van der Waals surface area contributed by atoms with Gasteiger partial charge in [-0.1, -0.05) is 48.5 Å². The quantitative estimate of drug-likeness (QED) is 0.203. The fourth-order valence-electron chi connectivity index (χ4n) is 4.79. The van der Waals surface area contributed by atoms with E-state index in [1.807, 2.05) is 60.2 Å². The van der Waals surface area contributed by atoms with Gasteiger partial charge in [-0.25, -0.2) is 23.1 Å². The van der Waals surface area contributed by atoms with Crippen LogP contribution in [0.4, 0.5) is 5.69 Å². The number of pyridine rings is 1. The number of fused-ring (bicyclic) bond motifs is 1. The summed E-state index contributed by atoms with van der Waals surface area (Å²) in [6, 6.07) is 22.6. The SMILES string of the molecule is Cc1cc(-n2ccnc2)cc2[nH]c(-c3c(NCC(NS(=O)(=O)c4ccccc4)c4ccccc4)cc[nH]c3=O)nc12. The zero-order valence-corrected chi connectivity index (χ0v) is 22.9. The van der Waals surface area contributed by atoms with E-state index in [9.17, 15) is 13.2 Å². The second-order valence-electron chi connectivity index (χ2n) is 9.59. The Kier molecular flexibility index (Phi) is 6.96. The van der Waals surface area contributed by atoms with Crippen LogP contribution in [0.25, 0.3) is 28.1 Å². The highest BCUT2D eigenvalue weighted by molar-refractivity contribution is 7.89. The molecule has 0 saturated heterocycles. The maximum atomic E-state index is 13.2. The molecule has 4 N–H and O–H groups in total. The van der Waals surface area contributed by atoms with Crippen molar-refractivity contribution >= 4 is 26.7 Å². The van der Waals surface area contributed by atoms with Crippen molar-refractivity contribution in [3.63, 3.8) is 0 Å². The molecule has 6 rings (SSSR count). The minimum atomic E-state index is -3.81. The molecule has 6 aromatic rings. The van der Waals surface area contributed by atoms with E-state index in [1.165, 1.54) is 0 Å². The van der Waals surface area contributed by atoms with Crippen LogP contribution in [0.1, 0.15) is 17.2 Å². The maximum absolute atomic E-state index is 13.2. The van der Waals surface area contributed by atoms with Gasteiger partial charge in [-0.05, 0) is 48.4 Å². The van der Waals surface area contributed by atoms with Gasteiger partial charge >= 0.3 is 0 Å². The molecular weight excluding hydrogens is 538 g/mol. The van der Waals surface area contributed by atoms with E-state index in [4.69, 9.17) is 4.98 Å². The molecule has 0 amide bonds. The number of hydrogen-bond donors (Lipinski definition) is 4. The van der Waals surface area contributed by atoms with Crippen LogP contribution in [0.15, 0.2) is 113 Å². The summed E-state index contributed by atoms with van der Waals surface area (Å²) in [6.07, 6.45) is 6.83. The number of benzene rings is 3. The molecule has 0 aliphatic heterocycles. The second-order valence-corrected chi connectivity index (χ2v) is 11.3. The van der Waals surface area contributed by atoms with Gasteiger partial charge in [0.15, 0.2) is 0 Å². The largest absolute Gasteiger partial charge is 0.382 e. The molecule has 1 unspecified atom stereocenters. The van der Waals surface area contributed by atoms with E-state index >= 15 is 0 Å². The molecule has 3 heterocycles. The Labute approximate surface area is 236 Å². The van der Waals surface area contributed by atoms with E-state index in [-0.39, 0.29) is 17.0 Å². The van der Waals surface area contributed by atoms with E-state index in [0.717, 1.165) is 27.8 Å². The number of H-pyrrole nitrogens is 2. The third-order valence-corrected chi connectivity index (χ3v) is 8.30. The molecule has 10 nitrogen and oxygen atoms in total. The summed E-state index contributed by atoms with van der Waals surface area (Å²) in [5.41, 5.74) is 4.66. The average molecular weight is 566 g/mol. The number of sulfonamides is 1. The first kappa shape index (κ1) is 26.2. The van der Waals surface area contributed by atoms with Crippen molar-refractivity contribution in [3.8, 4) is 17.1 Å². The van der Waals surface area contributed by atoms with Gasteiger partial charge in [0.25, 0.3) is 5.56 Å². The van der Waals surface area contributed by atoms with Crippen LogP contribution in [-0.4, -0.2) is 39.5 Å². The van der Waals surface area contributed by atoms with Crippen LogP contribution in [-0.2, 0) is 10.0 Å². The number of aromatic amines is 2. The monoisotopic (exact) mass is 565 g/mol. The molecule has 11 heteroatoms. The number of nitrogens with one attached hydrogen (secondary N) is 4. The zero-order valence-electron chi connectivity index (χ0n) is 22.1. The highest BCUT2D eigenvalue weighted by atomic mass is 32.2. The third kappa shape index (κ3) is 5.40. The topological polar surface area (TPSA) is 138 Å². The van der Waals surface area contributed by atoms with Crippen molar-refractivity contribution in [2.24, 2.45) is 0 Å². The minimum absolute atomic E-state index is 0.172. The number of anilines is 1. The van der Waals surface area contributed by atoms with Crippen molar-refractivity contribution in [1.82, 2.24) is 29.2 Å². The standard InChI is InChI=1S/C30H27N7O3S/c1-20-16-22(37-15-14-31-19-37)17-25-28(20)35-29(34-25)27-24(12-13-32-30(27)38)33-18-26(21-8-4-2-5-9-21)36-41(39,40)23-10-6-3-7-11-23/h2-17,19,26,36H,18H2,1H3,(H,34,35)(H2,32,33,38).